The third-order valence-corrected chi connectivity index (χ3v) is 5.02. The Morgan fingerprint density at radius 2 is 2.00 bits per heavy atom. The Morgan fingerprint density at radius 3 is 2.70 bits per heavy atom. The van der Waals surface area contributed by atoms with Crippen molar-refractivity contribution in [2.24, 2.45) is 0 Å². The first-order valence-electron chi connectivity index (χ1n) is 9.26. The highest BCUT2D eigenvalue weighted by atomic mass is 79.9. The van der Waals surface area contributed by atoms with Gasteiger partial charge in [0, 0.05) is 32.3 Å². The average Bonchev–Trinajstić information content (AvgIpc) is 3.24. The second-order valence-electron chi connectivity index (χ2n) is 6.32. The molecule has 0 aliphatic heterocycles. The number of imidazole rings is 1. The Labute approximate surface area is 167 Å². The van der Waals surface area contributed by atoms with Crippen molar-refractivity contribution in [3.05, 3.63) is 41.1 Å². The number of anilines is 1. The molecule has 1 N–H and O–H groups in total. The van der Waals surface area contributed by atoms with Crippen LogP contribution in [0.1, 0.15) is 20.3 Å². The van der Waals surface area contributed by atoms with E-state index in [2.05, 4.69) is 54.6 Å². The number of benzene rings is 1. The number of carbonyl (C=O) groups is 1. The van der Waals surface area contributed by atoms with Gasteiger partial charge in [-0.1, -0.05) is 26.0 Å². The molecule has 2 heterocycles. The number of halogens is 1. The molecule has 3 rings (SSSR count). The van der Waals surface area contributed by atoms with Crippen LogP contribution in [0, 0.1) is 0 Å². The molecule has 3 aromatic rings. The summed E-state index contributed by atoms with van der Waals surface area (Å²) < 4.78 is 4.74. The maximum Gasteiger partial charge on any atom is 0.228 e. The Morgan fingerprint density at radius 1 is 1.22 bits per heavy atom. The van der Waals surface area contributed by atoms with Gasteiger partial charge in [0.2, 0.25) is 11.9 Å². The van der Waals surface area contributed by atoms with E-state index < -0.39 is 0 Å². The molecule has 2 aromatic heterocycles. The van der Waals surface area contributed by atoms with E-state index in [9.17, 15) is 4.79 Å². The third kappa shape index (κ3) is 4.95. The predicted molar refractivity (Wildman–Crippen MR) is 111 cm³/mol. The highest BCUT2D eigenvalue weighted by molar-refractivity contribution is 9.10. The van der Waals surface area contributed by atoms with Crippen LogP contribution in [0.2, 0.25) is 0 Å². The number of nitrogens with one attached hydrogen (secondary N) is 1. The molecule has 8 heteroatoms. The number of aromatic nitrogens is 4. The lowest BCUT2D eigenvalue weighted by Gasteiger charge is -2.19. The van der Waals surface area contributed by atoms with E-state index >= 15 is 0 Å². The van der Waals surface area contributed by atoms with Gasteiger partial charge in [-0.15, -0.1) is 0 Å². The van der Waals surface area contributed by atoms with E-state index in [1.807, 2.05) is 30.5 Å². The van der Waals surface area contributed by atoms with Crippen LogP contribution in [0.25, 0.3) is 11.0 Å². The van der Waals surface area contributed by atoms with Crippen molar-refractivity contribution in [3.8, 4) is 0 Å². The minimum atomic E-state index is -0.0685. The molecule has 0 saturated heterocycles. The summed E-state index contributed by atoms with van der Waals surface area (Å²) in [5, 5.41) is 7.16. The molecule has 7 nitrogen and oxygen atoms in total. The number of nitrogens with zero attached hydrogens (tertiary/aromatic N) is 5. The topological polar surface area (TPSA) is 68.0 Å². The van der Waals surface area contributed by atoms with Gasteiger partial charge in [0.05, 0.1) is 21.7 Å². The SMILES string of the molecule is CCN(CC)CCn1c(NC(=O)CCn2cc(Br)cn2)nc2ccccc21. The highest BCUT2D eigenvalue weighted by Gasteiger charge is 2.14. The second-order valence-corrected chi connectivity index (χ2v) is 7.24. The molecule has 27 heavy (non-hydrogen) atoms. The summed E-state index contributed by atoms with van der Waals surface area (Å²) in [4.78, 5) is 19.4. The number of para-hydroxylation sites is 2. The lowest BCUT2D eigenvalue weighted by molar-refractivity contribution is -0.116. The lowest BCUT2D eigenvalue weighted by Crippen LogP contribution is -2.27. The van der Waals surface area contributed by atoms with Crippen molar-refractivity contribution in [1.82, 2.24) is 24.2 Å². The molecular formula is C19H25BrN6O. The molecule has 0 unspecified atom stereocenters. The van der Waals surface area contributed by atoms with Crippen LogP contribution in [0.5, 0.6) is 0 Å². The zero-order valence-electron chi connectivity index (χ0n) is 15.7. The summed E-state index contributed by atoms with van der Waals surface area (Å²) in [6, 6.07) is 7.98. The van der Waals surface area contributed by atoms with Crippen molar-refractivity contribution in [2.75, 3.05) is 25.0 Å². The molecule has 0 fully saturated rings. The summed E-state index contributed by atoms with van der Waals surface area (Å²) in [5.41, 5.74) is 1.93. The summed E-state index contributed by atoms with van der Waals surface area (Å²) in [5.74, 6) is 0.538. The first-order chi connectivity index (χ1) is 13.1. The van der Waals surface area contributed by atoms with E-state index in [-0.39, 0.29) is 5.91 Å². The first-order valence-corrected chi connectivity index (χ1v) is 10.1. The minimum absolute atomic E-state index is 0.0685. The number of carbonyl (C=O) groups excluding carboxylic acids is 1. The fourth-order valence-corrected chi connectivity index (χ4v) is 3.37. The average molecular weight is 433 g/mol. The summed E-state index contributed by atoms with van der Waals surface area (Å²) in [6.07, 6.45) is 3.91. The number of hydrogen-bond donors (Lipinski definition) is 1. The number of aryl methyl sites for hydroxylation is 1. The molecule has 0 saturated carbocycles. The van der Waals surface area contributed by atoms with Gasteiger partial charge in [0.25, 0.3) is 0 Å². The van der Waals surface area contributed by atoms with Crippen LogP contribution in [0.3, 0.4) is 0 Å². The maximum absolute atomic E-state index is 12.4. The van der Waals surface area contributed by atoms with Gasteiger partial charge >= 0.3 is 0 Å². The first kappa shape index (κ1) is 19.6. The van der Waals surface area contributed by atoms with Gasteiger partial charge in [-0.25, -0.2) is 4.98 Å². The standard InChI is InChI=1S/C19H25BrN6O/c1-3-24(4-2)11-12-26-17-8-6-5-7-16(17)22-19(26)23-18(27)9-10-25-14-15(20)13-21-25/h5-8,13-14H,3-4,9-12H2,1-2H3,(H,22,23,27). The van der Waals surface area contributed by atoms with Crippen LogP contribution in [0.15, 0.2) is 41.1 Å². The lowest BCUT2D eigenvalue weighted by atomic mass is 10.3. The van der Waals surface area contributed by atoms with Crippen LogP contribution in [-0.4, -0.2) is 49.8 Å². The van der Waals surface area contributed by atoms with E-state index in [1.165, 1.54) is 0 Å². The number of fused-ring (bicyclic) bond motifs is 1. The van der Waals surface area contributed by atoms with Crippen molar-refractivity contribution >= 4 is 38.8 Å². The van der Waals surface area contributed by atoms with Crippen LogP contribution in [0.4, 0.5) is 5.95 Å². The fraction of sp³-hybridized carbons (Fsp3) is 0.421. The normalized spacial score (nSPS) is 11.4. The van der Waals surface area contributed by atoms with E-state index in [0.29, 0.717) is 18.9 Å². The summed E-state index contributed by atoms with van der Waals surface area (Å²) in [7, 11) is 0. The van der Waals surface area contributed by atoms with Crippen LogP contribution in [-0.2, 0) is 17.9 Å². The van der Waals surface area contributed by atoms with Crippen molar-refractivity contribution in [2.45, 2.75) is 33.4 Å². The molecule has 1 aromatic carbocycles. The van der Waals surface area contributed by atoms with Gasteiger partial charge in [0.15, 0.2) is 0 Å². The predicted octanol–water partition coefficient (Wildman–Crippen LogP) is 3.37. The monoisotopic (exact) mass is 432 g/mol. The fourth-order valence-electron chi connectivity index (χ4n) is 3.04. The Hall–Kier alpha value is -2.19. The smallest absolute Gasteiger partial charge is 0.228 e. The molecule has 1 amide bonds. The molecule has 0 atom stereocenters. The van der Waals surface area contributed by atoms with E-state index in [4.69, 9.17) is 0 Å². The molecule has 0 radical (unpaired) electrons. The molecule has 0 bridgehead atoms. The Bertz CT molecular complexity index is 899. The second kappa shape index (κ2) is 9.14. The molecule has 0 aliphatic carbocycles. The van der Waals surface area contributed by atoms with Crippen molar-refractivity contribution in [3.63, 3.8) is 0 Å². The number of rotatable bonds is 9. The molecular weight excluding hydrogens is 408 g/mol. The van der Waals surface area contributed by atoms with E-state index in [0.717, 1.165) is 41.7 Å². The van der Waals surface area contributed by atoms with Gasteiger partial charge < -0.3 is 9.47 Å². The van der Waals surface area contributed by atoms with Gasteiger partial charge in [-0.05, 0) is 41.2 Å². The highest BCUT2D eigenvalue weighted by Crippen LogP contribution is 2.20. The Kier molecular flexibility index (Phi) is 6.63. The Balaban J connectivity index is 1.72. The molecule has 0 spiro atoms. The third-order valence-electron chi connectivity index (χ3n) is 4.61. The zero-order valence-corrected chi connectivity index (χ0v) is 17.3. The zero-order chi connectivity index (χ0) is 19.2. The maximum atomic E-state index is 12.4. The van der Waals surface area contributed by atoms with Crippen LogP contribution < -0.4 is 5.32 Å². The van der Waals surface area contributed by atoms with Gasteiger partial charge in [-0.2, -0.15) is 5.10 Å². The van der Waals surface area contributed by atoms with Crippen molar-refractivity contribution < 1.29 is 4.79 Å². The summed E-state index contributed by atoms with van der Waals surface area (Å²) >= 11 is 3.36. The van der Waals surface area contributed by atoms with E-state index in [1.54, 1.807) is 10.9 Å². The van der Waals surface area contributed by atoms with Crippen molar-refractivity contribution in [1.29, 1.82) is 0 Å². The number of amides is 1. The van der Waals surface area contributed by atoms with Gasteiger partial charge in [-0.3, -0.25) is 14.8 Å². The number of hydrogen-bond acceptors (Lipinski definition) is 4. The quantitative estimate of drug-likeness (QED) is 0.562. The van der Waals surface area contributed by atoms with Gasteiger partial charge in [0.1, 0.15) is 0 Å². The van der Waals surface area contributed by atoms with Crippen LogP contribution >= 0.6 is 15.9 Å². The summed E-state index contributed by atoms with van der Waals surface area (Å²) in [6.45, 7) is 8.55. The largest absolute Gasteiger partial charge is 0.309 e. The molecule has 144 valence electrons. The minimum Gasteiger partial charge on any atom is -0.309 e. The number of likely N-dealkylation sites (N-methyl/N-ethyl adjacent to an activating group) is 1. The molecule has 0 aliphatic rings.